The van der Waals surface area contributed by atoms with Crippen LogP contribution in [0, 0.1) is 24.1 Å². The van der Waals surface area contributed by atoms with Gasteiger partial charge in [0.2, 0.25) is 0 Å². The first-order chi connectivity index (χ1) is 9.32. The zero-order valence-corrected chi connectivity index (χ0v) is 11.8. The second kappa shape index (κ2) is 5.06. The molecule has 2 aromatic rings. The first kappa shape index (κ1) is 14.2. The predicted molar refractivity (Wildman–Crippen MR) is 74.4 cm³/mol. The van der Waals surface area contributed by atoms with Gasteiger partial charge in [-0.1, -0.05) is 12.1 Å². The Bertz CT molecular complexity index is 820. The van der Waals surface area contributed by atoms with Gasteiger partial charge in [-0.25, -0.2) is 12.8 Å². The minimum absolute atomic E-state index is 0.139. The average molecular weight is 289 g/mol. The van der Waals surface area contributed by atoms with Crippen molar-refractivity contribution in [1.29, 1.82) is 5.26 Å². The molecule has 0 bridgehead atoms. The fourth-order valence-electron chi connectivity index (χ4n) is 1.91. The second-order valence-electron chi connectivity index (χ2n) is 4.56. The molecule has 2 aromatic carbocycles. The number of nitrogens with zero attached hydrogens (tertiary/aromatic N) is 1. The van der Waals surface area contributed by atoms with Gasteiger partial charge in [0.25, 0.3) is 0 Å². The molecule has 2 rings (SSSR count). The molecule has 0 spiro atoms. The zero-order chi connectivity index (χ0) is 14.9. The van der Waals surface area contributed by atoms with Crippen molar-refractivity contribution in [3.63, 3.8) is 0 Å². The molecule has 0 radical (unpaired) electrons. The molecule has 0 aliphatic heterocycles. The first-order valence-electron chi connectivity index (χ1n) is 5.83. The quantitative estimate of drug-likeness (QED) is 0.853. The second-order valence-corrected chi connectivity index (χ2v) is 6.57. The molecule has 0 amide bonds. The third-order valence-corrected chi connectivity index (χ3v) is 4.10. The van der Waals surface area contributed by atoms with Crippen LogP contribution in [0.5, 0.6) is 0 Å². The molecule has 0 N–H and O–H groups in total. The SMILES string of the molecule is Cc1cc(C#N)c(-c2cccc(S(C)(=O)=O)c2)cc1F. The molecular formula is C15H12FNO2S. The van der Waals surface area contributed by atoms with Crippen LogP contribution in [0.15, 0.2) is 41.3 Å². The highest BCUT2D eigenvalue weighted by Gasteiger charge is 2.12. The van der Waals surface area contributed by atoms with E-state index >= 15 is 0 Å². The summed E-state index contributed by atoms with van der Waals surface area (Å²) in [5.74, 6) is -0.427. The highest BCUT2D eigenvalue weighted by Crippen LogP contribution is 2.27. The van der Waals surface area contributed by atoms with Gasteiger partial charge in [-0.05, 0) is 42.3 Å². The maximum Gasteiger partial charge on any atom is 0.175 e. The molecule has 0 saturated carbocycles. The molecule has 0 aromatic heterocycles. The highest BCUT2D eigenvalue weighted by atomic mass is 32.2. The number of hydrogen-bond donors (Lipinski definition) is 0. The van der Waals surface area contributed by atoms with E-state index < -0.39 is 15.7 Å². The van der Waals surface area contributed by atoms with Crippen molar-refractivity contribution >= 4 is 9.84 Å². The van der Waals surface area contributed by atoms with Crippen LogP contribution in [-0.4, -0.2) is 14.7 Å². The summed E-state index contributed by atoms with van der Waals surface area (Å²) in [5.41, 5.74) is 1.59. The maximum absolute atomic E-state index is 13.7. The van der Waals surface area contributed by atoms with E-state index in [1.807, 2.05) is 6.07 Å². The molecule has 0 fully saturated rings. The monoisotopic (exact) mass is 289 g/mol. The fourth-order valence-corrected chi connectivity index (χ4v) is 2.57. The molecular weight excluding hydrogens is 277 g/mol. The van der Waals surface area contributed by atoms with Crippen molar-refractivity contribution in [2.45, 2.75) is 11.8 Å². The summed E-state index contributed by atoms with van der Waals surface area (Å²) in [6.07, 6.45) is 1.10. The van der Waals surface area contributed by atoms with Gasteiger partial charge >= 0.3 is 0 Å². The average Bonchev–Trinajstić information content (AvgIpc) is 2.40. The number of rotatable bonds is 2. The third-order valence-electron chi connectivity index (χ3n) is 2.99. The molecule has 3 nitrogen and oxygen atoms in total. The summed E-state index contributed by atoms with van der Waals surface area (Å²) < 4.78 is 36.8. The van der Waals surface area contributed by atoms with Crippen molar-refractivity contribution in [2.24, 2.45) is 0 Å². The van der Waals surface area contributed by atoms with E-state index in [1.165, 1.54) is 24.3 Å². The van der Waals surface area contributed by atoms with Crippen molar-refractivity contribution in [3.8, 4) is 17.2 Å². The van der Waals surface area contributed by atoms with Crippen molar-refractivity contribution in [3.05, 3.63) is 53.3 Å². The molecule has 0 aliphatic rings. The summed E-state index contributed by atoms with van der Waals surface area (Å²) in [4.78, 5) is 0.139. The summed E-state index contributed by atoms with van der Waals surface area (Å²) in [7, 11) is -3.35. The van der Waals surface area contributed by atoms with Gasteiger partial charge in [-0.2, -0.15) is 5.26 Å². The lowest BCUT2D eigenvalue weighted by molar-refractivity contribution is 0.602. The van der Waals surface area contributed by atoms with Crippen LogP contribution in [0.3, 0.4) is 0 Å². The molecule has 5 heteroatoms. The summed E-state index contributed by atoms with van der Waals surface area (Å²) in [5, 5.41) is 9.13. The van der Waals surface area contributed by atoms with E-state index in [-0.39, 0.29) is 4.90 Å². The minimum Gasteiger partial charge on any atom is -0.224 e. The fraction of sp³-hybridized carbons (Fsp3) is 0.133. The molecule has 0 heterocycles. The number of hydrogen-bond acceptors (Lipinski definition) is 3. The Hall–Kier alpha value is -2.19. The number of aryl methyl sites for hydroxylation is 1. The zero-order valence-electron chi connectivity index (χ0n) is 11.0. The van der Waals surface area contributed by atoms with Crippen LogP contribution < -0.4 is 0 Å². The Balaban J connectivity index is 2.70. The van der Waals surface area contributed by atoms with Crippen LogP contribution in [0.2, 0.25) is 0 Å². The van der Waals surface area contributed by atoms with E-state index in [0.29, 0.717) is 22.3 Å². The largest absolute Gasteiger partial charge is 0.224 e. The summed E-state index contributed by atoms with van der Waals surface area (Å²) in [6.45, 7) is 1.58. The van der Waals surface area contributed by atoms with Gasteiger partial charge in [-0.3, -0.25) is 0 Å². The smallest absolute Gasteiger partial charge is 0.175 e. The predicted octanol–water partition coefficient (Wildman–Crippen LogP) is 3.08. The third kappa shape index (κ3) is 2.70. The van der Waals surface area contributed by atoms with E-state index in [9.17, 15) is 12.8 Å². The van der Waals surface area contributed by atoms with E-state index in [0.717, 1.165) is 6.26 Å². The molecule has 102 valence electrons. The van der Waals surface area contributed by atoms with Gasteiger partial charge in [0.1, 0.15) is 5.82 Å². The summed E-state index contributed by atoms with van der Waals surface area (Å²) in [6, 6.07) is 10.9. The lowest BCUT2D eigenvalue weighted by atomic mass is 9.98. The molecule has 20 heavy (non-hydrogen) atoms. The first-order valence-corrected chi connectivity index (χ1v) is 7.73. The van der Waals surface area contributed by atoms with E-state index in [1.54, 1.807) is 19.1 Å². The Morgan fingerprint density at radius 2 is 1.90 bits per heavy atom. The highest BCUT2D eigenvalue weighted by molar-refractivity contribution is 7.90. The van der Waals surface area contributed by atoms with Crippen LogP contribution in [0.4, 0.5) is 4.39 Å². The van der Waals surface area contributed by atoms with Gasteiger partial charge < -0.3 is 0 Å². The molecule has 0 atom stereocenters. The Morgan fingerprint density at radius 3 is 2.50 bits per heavy atom. The number of benzene rings is 2. The van der Waals surface area contributed by atoms with Crippen LogP contribution in [0.25, 0.3) is 11.1 Å². The van der Waals surface area contributed by atoms with E-state index in [2.05, 4.69) is 0 Å². The number of sulfone groups is 1. The van der Waals surface area contributed by atoms with Gasteiger partial charge in [0.15, 0.2) is 9.84 Å². The lowest BCUT2D eigenvalue weighted by Gasteiger charge is -2.08. The van der Waals surface area contributed by atoms with Crippen molar-refractivity contribution < 1.29 is 12.8 Å². The van der Waals surface area contributed by atoms with Gasteiger partial charge in [-0.15, -0.1) is 0 Å². The summed E-state index contributed by atoms with van der Waals surface area (Å²) >= 11 is 0. The van der Waals surface area contributed by atoms with Crippen LogP contribution in [-0.2, 0) is 9.84 Å². The maximum atomic E-state index is 13.7. The van der Waals surface area contributed by atoms with Crippen molar-refractivity contribution in [1.82, 2.24) is 0 Å². The Morgan fingerprint density at radius 1 is 1.20 bits per heavy atom. The molecule has 0 aliphatic carbocycles. The lowest BCUT2D eigenvalue weighted by Crippen LogP contribution is -1.97. The standard InChI is InChI=1S/C15H12FNO2S/c1-10-6-12(9-17)14(8-15(10)16)11-4-3-5-13(7-11)20(2,18)19/h3-8H,1-2H3. The van der Waals surface area contributed by atoms with Crippen LogP contribution in [0.1, 0.15) is 11.1 Å². The minimum atomic E-state index is -3.35. The molecule has 0 saturated heterocycles. The number of halogens is 1. The number of nitriles is 1. The van der Waals surface area contributed by atoms with Gasteiger partial charge in [0.05, 0.1) is 16.5 Å². The van der Waals surface area contributed by atoms with E-state index in [4.69, 9.17) is 5.26 Å². The van der Waals surface area contributed by atoms with Crippen LogP contribution >= 0.6 is 0 Å². The van der Waals surface area contributed by atoms with Crippen molar-refractivity contribution in [2.75, 3.05) is 6.26 Å². The van der Waals surface area contributed by atoms with Gasteiger partial charge in [0, 0.05) is 11.8 Å². The normalized spacial score (nSPS) is 11.1. The molecule has 0 unspecified atom stereocenters. The Labute approximate surface area is 117 Å². The Kier molecular flexibility index (Phi) is 3.60. The topological polar surface area (TPSA) is 57.9 Å².